The molecular formula is C14H20N2O4S. The number of primary amides is 1. The zero-order chi connectivity index (χ0) is 15.8. The lowest BCUT2D eigenvalue weighted by atomic mass is 9.99. The quantitative estimate of drug-likeness (QED) is 0.848. The third-order valence-electron chi connectivity index (χ3n) is 3.94. The first-order valence-corrected chi connectivity index (χ1v) is 8.26. The lowest BCUT2D eigenvalue weighted by molar-refractivity contribution is 0.0628. The molecule has 0 bridgehead atoms. The van der Waals surface area contributed by atoms with E-state index in [0.29, 0.717) is 12.0 Å². The van der Waals surface area contributed by atoms with Gasteiger partial charge in [0.1, 0.15) is 0 Å². The highest BCUT2D eigenvalue weighted by molar-refractivity contribution is 7.89. The highest BCUT2D eigenvalue weighted by Crippen LogP contribution is 2.25. The predicted molar refractivity (Wildman–Crippen MR) is 78.2 cm³/mol. The number of hydrogen-bond acceptors (Lipinski definition) is 4. The van der Waals surface area contributed by atoms with Gasteiger partial charge in [0, 0.05) is 18.7 Å². The summed E-state index contributed by atoms with van der Waals surface area (Å²) < 4.78 is 26.6. The number of sulfonamides is 1. The highest BCUT2D eigenvalue weighted by atomic mass is 32.2. The molecule has 2 rings (SSSR count). The van der Waals surface area contributed by atoms with E-state index in [1.165, 1.54) is 16.4 Å². The summed E-state index contributed by atoms with van der Waals surface area (Å²) in [5, 5.41) is 9.70. The summed E-state index contributed by atoms with van der Waals surface area (Å²) in [7, 11) is -3.68. The van der Waals surface area contributed by atoms with Gasteiger partial charge in [0.2, 0.25) is 15.9 Å². The summed E-state index contributed by atoms with van der Waals surface area (Å²) in [5.41, 5.74) is 6.12. The molecule has 0 aliphatic carbocycles. The van der Waals surface area contributed by atoms with Crippen LogP contribution in [0.3, 0.4) is 0 Å². The molecule has 6 nitrogen and oxygen atoms in total. The number of aliphatic hydroxyl groups excluding tert-OH is 1. The maximum absolute atomic E-state index is 12.6. The van der Waals surface area contributed by atoms with Crippen LogP contribution in [0.4, 0.5) is 0 Å². The molecular weight excluding hydrogens is 292 g/mol. The largest absolute Gasteiger partial charge is 0.393 e. The summed E-state index contributed by atoms with van der Waals surface area (Å²) in [6.45, 7) is 4.06. The number of benzene rings is 1. The number of rotatable bonds is 3. The van der Waals surface area contributed by atoms with Crippen LogP contribution < -0.4 is 5.73 Å². The molecule has 0 saturated carbocycles. The van der Waals surface area contributed by atoms with Crippen molar-refractivity contribution in [2.45, 2.75) is 31.3 Å². The summed E-state index contributed by atoms with van der Waals surface area (Å²) in [5.74, 6) is -0.762. The van der Waals surface area contributed by atoms with Crippen molar-refractivity contribution in [3.8, 4) is 0 Å². The van der Waals surface area contributed by atoms with Crippen LogP contribution in [-0.4, -0.2) is 42.9 Å². The molecule has 1 amide bonds. The fourth-order valence-corrected chi connectivity index (χ4v) is 4.07. The van der Waals surface area contributed by atoms with E-state index in [9.17, 15) is 18.3 Å². The Hall–Kier alpha value is -1.44. The average molecular weight is 312 g/mol. The van der Waals surface area contributed by atoms with Crippen molar-refractivity contribution in [2.24, 2.45) is 11.7 Å². The van der Waals surface area contributed by atoms with E-state index in [-0.39, 0.29) is 29.5 Å². The first-order chi connectivity index (χ1) is 9.73. The molecule has 116 valence electrons. The van der Waals surface area contributed by atoms with Gasteiger partial charge in [-0.1, -0.05) is 13.0 Å². The Morgan fingerprint density at radius 1 is 1.43 bits per heavy atom. The second-order valence-corrected chi connectivity index (χ2v) is 7.48. The third-order valence-corrected chi connectivity index (χ3v) is 5.80. The van der Waals surface area contributed by atoms with E-state index in [4.69, 9.17) is 5.73 Å². The molecule has 1 saturated heterocycles. The Bertz CT molecular complexity index is 657. The standard InChI is InChI=1S/C14H20N2O4S/c1-9-3-4-11(7-12(9)14(15)18)21(19,20)16-6-5-13(17)10(2)8-16/h3-4,7,10,13,17H,5-6,8H2,1-2H3,(H2,15,18). The minimum Gasteiger partial charge on any atom is -0.393 e. The van der Waals surface area contributed by atoms with Gasteiger partial charge >= 0.3 is 0 Å². The third kappa shape index (κ3) is 3.09. The predicted octanol–water partition coefficient (Wildman–Crippen LogP) is 0.485. The molecule has 0 radical (unpaired) electrons. The fourth-order valence-electron chi connectivity index (χ4n) is 2.49. The van der Waals surface area contributed by atoms with E-state index < -0.39 is 22.0 Å². The molecule has 0 aromatic heterocycles. The van der Waals surface area contributed by atoms with Gasteiger partial charge in [0.25, 0.3) is 0 Å². The molecule has 2 unspecified atom stereocenters. The normalized spacial score (nSPS) is 24.0. The van der Waals surface area contributed by atoms with Crippen molar-refractivity contribution in [3.05, 3.63) is 29.3 Å². The van der Waals surface area contributed by atoms with Gasteiger partial charge in [0.05, 0.1) is 11.0 Å². The van der Waals surface area contributed by atoms with Crippen LogP contribution in [-0.2, 0) is 10.0 Å². The second kappa shape index (κ2) is 5.75. The molecule has 1 aliphatic heterocycles. The van der Waals surface area contributed by atoms with Crippen molar-refractivity contribution in [3.63, 3.8) is 0 Å². The number of amides is 1. The van der Waals surface area contributed by atoms with Crippen LogP contribution in [0.2, 0.25) is 0 Å². The minimum absolute atomic E-state index is 0.0606. The number of carbonyl (C=O) groups is 1. The van der Waals surface area contributed by atoms with E-state index in [1.807, 2.05) is 6.92 Å². The van der Waals surface area contributed by atoms with Crippen LogP contribution in [0, 0.1) is 12.8 Å². The lowest BCUT2D eigenvalue weighted by Crippen LogP contribution is -2.44. The van der Waals surface area contributed by atoms with Gasteiger partial charge < -0.3 is 10.8 Å². The van der Waals surface area contributed by atoms with Crippen LogP contribution >= 0.6 is 0 Å². The molecule has 1 aliphatic rings. The van der Waals surface area contributed by atoms with Gasteiger partial charge in [-0.05, 0) is 37.0 Å². The Morgan fingerprint density at radius 3 is 2.67 bits per heavy atom. The number of carbonyl (C=O) groups excluding carboxylic acids is 1. The van der Waals surface area contributed by atoms with E-state index in [0.717, 1.165) is 0 Å². The number of nitrogens with two attached hydrogens (primary N) is 1. The Labute approximate surface area is 124 Å². The van der Waals surface area contributed by atoms with Crippen molar-refractivity contribution in [1.82, 2.24) is 4.31 Å². The number of piperidine rings is 1. The van der Waals surface area contributed by atoms with E-state index >= 15 is 0 Å². The highest BCUT2D eigenvalue weighted by Gasteiger charge is 2.33. The molecule has 1 fully saturated rings. The molecule has 0 spiro atoms. The maximum Gasteiger partial charge on any atom is 0.249 e. The van der Waals surface area contributed by atoms with E-state index in [1.54, 1.807) is 13.0 Å². The smallest absolute Gasteiger partial charge is 0.249 e. The van der Waals surface area contributed by atoms with Crippen molar-refractivity contribution < 1.29 is 18.3 Å². The summed E-state index contributed by atoms with van der Waals surface area (Å²) in [6.07, 6.45) is -0.0646. The SMILES string of the molecule is Cc1ccc(S(=O)(=O)N2CCC(O)C(C)C2)cc1C(N)=O. The lowest BCUT2D eigenvalue weighted by Gasteiger charge is -2.33. The van der Waals surface area contributed by atoms with Crippen LogP contribution in [0.15, 0.2) is 23.1 Å². The number of aliphatic hydroxyl groups is 1. The first-order valence-electron chi connectivity index (χ1n) is 6.82. The number of hydrogen-bond donors (Lipinski definition) is 2. The Balaban J connectivity index is 2.36. The van der Waals surface area contributed by atoms with Gasteiger partial charge in [-0.3, -0.25) is 4.79 Å². The topological polar surface area (TPSA) is 101 Å². The maximum atomic E-state index is 12.6. The van der Waals surface area contributed by atoms with Crippen LogP contribution in [0.1, 0.15) is 29.3 Å². The molecule has 2 atom stereocenters. The number of aryl methyl sites for hydroxylation is 1. The van der Waals surface area contributed by atoms with Crippen molar-refractivity contribution >= 4 is 15.9 Å². The van der Waals surface area contributed by atoms with Crippen LogP contribution in [0.5, 0.6) is 0 Å². The van der Waals surface area contributed by atoms with Gasteiger partial charge in [-0.2, -0.15) is 4.31 Å². The summed E-state index contributed by atoms with van der Waals surface area (Å²) in [6, 6.07) is 4.38. The second-order valence-electron chi connectivity index (χ2n) is 5.54. The van der Waals surface area contributed by atoms with Gasteiger partial charge in [-0.25, -0.2) is 8.42 Å². The zero-order valence-corrected chi connectivity index (χ0v) is 12.9. The van der Waals surface area contributed by atoms with Crippen molar-refractivity contribution in [2.75, 3.05) is 13.1 Å². The summed E-state index contributed by atoms with van der Waals surface area (Å²) in [4.78, 5) is 11.4. The average Bonchev–Trinajstić information content (AvgIpc) is 2.41. The molecule has 21 heavy (non-hydrogen) atoms. The molecule has 3 N–H and O–H groups in total. The fraction of sp³-hybridized carbons (Fsp3) is 0.500. The molecule has 1 aromatic rings. The number of nitrogens with zero attached hydrogens (tertiary/aromatic N) is 1. The first kappa shape index (κ1) is 15.9. The molecule has 1 heterocycles. The van der Waals surface area contributed by atoms with Gasteiger partial charge in [-0.15, -0.1) is 0 Å². The monoisotopic (exact) mass is 312 g/mol. The molecule has 7 heteroatoms. The van der Waals surface area contributed by atoms with Crippen LogP contribution in [0.25, 0.3) is 0 Å². The van der Waals surface area contributed by atoms with Gasteiger partial charge in [0.15, 0.2) is 0 Å². The Morgan fingerprint density at radius 2 is 2.10 bits per heavy atom. The molecule has 1 aromatic carbocycles. The minimum atomic E-state index is -3.68. The Kier molecular flexibility index (Phi) is 4.36. The van der Waals surface area contributed by atoms with E-state index in [2.05, 4.69) is 0 Å². The zero-order valence-electron chi connectivity index (χ0n) is 12.1. The summed E-state index contributed by atoms with van der Waals surface area (Å²) >= 11 is 0. The van der Waals surface area contributed by atoms with Crippen molar-refractivity contribution in [1.29, 1.82) is 0 Å².